The van der Waals surface area contributed by atoms with Crippen molar-refractivity contribution in [3.63, 3.8) is 0 Å². The van der Waals surface area contributed by atoms with E-state index in [9.17, 15) is 20.0 Å². The highest BCUT2D eigenvalue weighted by Crippen LogP contribution is 2.30. The van der Waals surface area contributed by atoms with Crippen LogP contribution in [-0.4, -0.2) is 23.0 Å². The standard InChI is InChI=1S/C14H11ClN2O4/c1-16(9-5-7-10(18)8-6-9)14(19)11-3-2-4-12(15)13(11)17(20)21/h2-8,18H,1H3. The topological polar surface area (TPSA) is 83.7 Å². The summed E-state index contributed by atoms with van der Waals surface area (Å²) in [7, 11) is 1.49. The SMILES string of the molecule is CN(C(=O)c1cccc(Cl)c1[N+](=O)[O-])c1ccc(O)cc1. The average molecular weight is 307 g/mol. The summed E-state index contributed by atoms with van der Waals surface area (Å²) >= 11 is 5.79. The molecule has 0 aromatic heterocycles. The predicted molar refractivity (Wildman–Crippen MR) is 78.9 cm³/mol. The van der Waals surface area contributed by atoms with Gasteiger partial charge in [0.25, 0.3) is 5.91 Å². The van der Waals surface area contributed by atoms with Crippen molar-refractivity contribution < 1.29 is 14.8 Å². The van der Waals surface area contributed by atoms with Crippen molar-refractivity contribution in [1.29, 1.82) is 0 Å². The Hall–Kier alpha value is -2.60. The summed E-state index contributed by atoms with van der Waals surface area (Å²) in [6, 6.07) is 10.1. The fourth-order valence-corrected chi connectivity index (χ4v) is 2.09. The van der Waals surface area contributed by atoms with Crippen LogP contribution in [0.4, 0.5) is 11.4 Å². The minimum absolute atomic E-state index is 0.0633. The number of aromatic hydroxyl groups is 1. The van der Waals surface area contributed by atoms with Crippen LogP contribution in [0.25, 0.3) is 0 Å². The van der Waals surface area contributed by atoms with E-state index in [1.165, 1.54) is 54.4 Å². The highest BCUT2D eigenvalue weighted by Gasteiger charge is 2.26. The van der Waals surface area contributed by atoms with Crippen molar-refractivity contribution in [2.45, 2.75) is 0 Å². The molecule has 0 saturated carbocycles. The van der Waals surface area contributed by atoms with Gasteiger partial charge in [-0.25, -0.2) is 0 Å². The van der Waals surface area contributed by atoms with Crippen molar-refractivity contribution in [3.05, 3.63) is 63.2 Å². The lowest BCUT2D eigenvalue weighted by atomic mass is 10.1. The van der Waals surface area contributed by atoms with Gasteiger partial charge in [0.05, 0.1) is 4.92 Å². The van der Waals surface area contributed by atoms with Gasteiger partial charge in [0.15, 0.2) is 0 Å². The second-order valence-electron chi connectivity index (χ2n) is 4.27. The molecule has 21 heavy (non-hydrogen) atoms. The summed E-state index contributed by atoms with van der Waals surface area (Å²) in [4.78, 5) is 24.0. The summed E-state index contributed by atoms with van der Waals surface area (Å²) in [5.41, 5.74) is -0.0232. The molecule has 0 spiro atoms. The largest absolute Gasteiger partial charge is 0.508 e. The van der Waals surface area contributed by atoms with Crippen molar-refractivity contribution in [3.8, 4) is 5.75 Å². The number of phenolic OH excluding ortho intramolecular Hbond substituents is 1. The molecule has 108 valence electrons. The van der Waals surface area contributed by atoms with Gasteiger partial charge >= 0.3 is 5.69 Å². The Bertz CT molecular complexity index is 701. The van der Waals surface area contributed by atoms with E-state index in [2.05, 4.69) is 0 Å². The zero-order valence-electron chi connectivity index (χ0n) is 11.0. The Morgan fingerprint density at radius 3 is 2.43 bits per heavy atom. The molecule has 0 aliphatic carbocycles. The number of amides is 1. The van der Waals surface area contributed by atoms with Crippen LogP contribution in [0.5, 0.6) is 5.75 Å². The molecule has 1 amide bonds. The van der Waals surface area contributed by atoms with Crippen LogP contribution in [-0.2, 0) is 0 Å². The second kappa shape index (κ2) is 5.80. The lowest BCUT2D eigenvalue weighted by molar-refractivity contribution is -0.385. The highest BCUT2D eigenvalue weighted by molar-refractivity contribution is 6.33. The van der Waals surface area contributed by atoms with E-state index in [1.807, 2.05) is 0 Å². The zero-order valence-corrected chi connectivity index (χ0v) is 11.7. The molecule has 2 rings (SSSR count). The average Bonchev–Trinajstić information content (AvgIpc) is 2.46. The van der Waals surface area contributed by atoms with Gasteiger partial charge < -0.3 is 10.0 Å². The summed E-state index contributed by atoms with van der Waals surface area (Å²) in [5.74, 6) is -0.497. The Balaban J connectivity index is 2.43. The molecular weight excluding hydrogens is 296 g/mol. The fraction of sp³-hybridized carbons (Fsp3) is 0.0714. The molecule has 0 radical (unpaired) electrons. The summed E-state index contributed by atoms with van der Waals surface area (Å²) < 4.78 is 0. The van der Waals surface area contributed by atoms with Crippen molar-refractivity contribution in [2.24, 2.45) is 0 Å². The fourth-order valence-electron chi connectivity index (χ4n) is 1.85. The Morgan fingerprint density at radius 2 is 1.86 bits per heavy atom. The van der Waals surface area contributed by atoms with Gasteiger partial charge in [0, 0.05) is 12.7 Å². The van der Waals surface area contributed by atoms with Crippen LogP contribution in [0.3, 0.4) is 0 Å². The van der Waals surface area contributed by atoms with Crippen LogP contribution < -0.4 is 4.90 Å². The maximum Gasteiger partial charge on any atom is 0.300 e. The molecule has 0 atom stereocenters. The van der Waals surface area contributed by atoms with Gasteiger partial charge in [-0.2, -0.15) is 0 Å². The van der Waals surface area contributed by atoms with Gasteiger partial charge in [-0.1, -0.05) is 17.7 Å². The molecule has 0 aliphatic rings. The molecule has 0 fully saturated rings. The first-order valence-electron chi connectivity index (χ1n) is 5.92. The third-order valence-corrected chi connectivity index (χ3v) is 3.25. The molecule has 6 nitrogen and oxygen atoms in total. The number of nitro benzene ring substituents is 1. The van der Waals surface area contributed by atoms with E-state index in [4.69, 9.17) is 11.6 Å². The maximum absolute atomic E-state index is 12.4. The van der Waals surface area contributed by atoms with E-state index in [1.54, 1.807) is 0 Å². The molecule has 2 aromatic carbocycles. The van der Waals surface area contributed by atoms with E-state index >= 15 is 0 Å². The molecule has 2 aromatic rings. The van der Waals surface area contributed by atoms with Gasteiger partial charge in [0.2, 0.25) is 0 Å². The molecule has 0 aliphatic heterocycles. The van der Waals surface area contributed by atoms with Crippen LogP contribution in [0.2, 0.25) is 5.02 Å². The van der Waals surface area contributed by atoms with Gasteiger partial charge in [0.1, 0.15) is 16.3 Å². The molecule has 0 bridgehead atoms. The van der Waals surface area contributed by atoms with Crippen LogP contribution >= 0.6 is 11.6 Å². The number of hydrogen-bond acceptors (Lipinski definition) is 4. The number of benzene rings is 2. The predicted octanol–water partition coefficient (Wildman–Crippen LogP) is 3.23. The molecular formula is C14H11ClN2O4. The van der Waals surface area contributed by atoms with E-state index in [-0.39, 0.29) is 16.3 Å². The number of nitro groups is 1. The minimum atomic E-state index is -0.680. The smallest absolute Gasteiger partial charge is 0.300 e. The van der Waals surface area contributed by atoms with Crippen molar-refractivity contribution in [2.75, 3.05) is 11.9 Å². The van der Waals surface area contributed by atoms with Crippen LogP contribution in [0, 0.1) is 10.1 Å². The van der Waals surface area contributed by atoms with Crippen LogP contribution in [0.15, 0.2) is 42.5 Å². The van der Waals surface area contributed by atoms with Gasteiger partial charge in [-0.3, -0.25) is 14.9 Å². The first-order chi connectivity index (χ1) is 9.91. The molecule has 0 saturated heterocycles. The highest BCUT2D eigenvalue weighted by atomic mass is 35.5. The van der Waals surface area contributed by atoms with E-state index in [0.717, 1.165) is 0 Å². The quantitative estimate of drug-likeness (QED) is 0.697. The maximum atomic E-state index is 12.4. The molecule has 0 heterocycles. The lowest BCUT2D eigenvalue weighted by Gasteiger charge is -2.17. The number of phenols is 1. The number of carbonyl (C=O) groups excluding carboxylic acids is 1. The number of para-hydroxylation sites is 1. The minimum Gasteiger partial charge on any atom is -0.508 e. The molecule has 1 N–H and O–H groups in total. The molecule has 7 heteroatoms. The third kappa shape index (κ3) is 2.95. The van der Waals surface area contributed by atoms with Crippen LogP contribution in [0.1, 0.15) is 10.4 Å². The number of nitrogens with zero attached hydrogens (tertiary/aromatic N) is 2. The van der Waals surface area contributed by atoms with Gasteiger partial charge in [-0.05, 0) is 36.4 Å². The number of rotatable bonds is 3. The van der Waals surface area contributed by atoms with Crippen molar-refractivity contribution >= 4 is 28.9 Å². The Labute approximate surface area is 125 Å². The third-order valence-electron chi connectivity index (χ3n) is 2.94. The van der Waals surface area contributed by atoms with Gasteiger partial charge in [-0.15, -0.1) is 0 Å². The zero-order chi connectivity index (χ0) is 15.6. The number of carbonyl (C=O) groups is 1. The summed E-state index contributed by atoms with van der Waals surface area (Å²) in [5, 5.41) is 20.2. The lowest BCUT2D eigenvalue weighted by Crippen LogP contribution is -2.26. The Kier molecular flexibility index (Phi) is 4.09. The summed E-state index contributed by atoms with van der Waals surface area (Å²) in [6.07, 6.45) is 0. The number of hydrogen-bond donors (Lipinski definition) is 1. The molecule has 0 unspecified atom stereocenters. The monoisotopic (exact) mass is 306 g/mol. The van der Waals surface area contributed by atoms with Crippen molar-refractivity contribution in [1.82, 2.24) is 0 Å². The number of anilines is 1. The first-order valence-corrected chi connectivity index (χ1v) is 6.29. The normalized spacial score (nSPS) is 10.2. The second-order valence-corrected chi connectivity index (χ2v) is 4.68. The number of halogens is 1. The van der Waals surface area contributed by atoms with E-state index in [0.29, 0.717) is 5.69 Å². The van der Waals surface area contributed by atoms with E-state index < -0.39 is 16.5 Å². The first kappa shape index (κ1) is 14.8. The Morgan fingerprint density at radius 1 is 1.24 bits per heavy atom. The summed E-state index contributed by atoms with van der Waals surface area (Å²) in [6.45, 7) is 0.